The van der Waals surface area contributed by atoms with E-state index in [1.54, 1.807) is 23.0 Å². The first-order chi connectivity index (χ1) is 13.1. The summed E-state index contributed by atoms with van der Waals surface area (Å²) in [6, 6.07) is 6.86. The van der Waals surface area contributed by atoms with Gasteiger partial charge in [-0.2, -0.15) is 5.10 Å². The fraction of sp³-hybridized carbons (Fsp3) is 0.524. The minimum absolute atomic E-state index is 0.0944. The molecule has 1 aromatic carbocycles. The Kier molecular flexibility index (Phi) is 5.25. The highest BCUT2D eigenvalue weighted by Crippen LogP contribution is 2.30. The predicted molar refractivity (Wildman–Crippen MR) is 103 cm³/mol. The molecule has 144 valence electrons. The Balaban J connectivity index is 1.43. The average molecular weight is 370 g/mol. The number of benzene rings is 1. The summed E-state index contributed by atoms with van der Waals surface area (Å²) in [7, 11) is 0. The lowest BCUT2D eigenvalue weighted by Gasteiger charge is -2.44. The number of nitrogens with zero attached hydrogens (tertiary/aromatic N) is 3. The lowest BCUT2D eigenvalue weighted by molar-refractivity contribution is 0.0575. The van der Waals surface area contributed by atoms with E-state index >= 15 is 0 Å². The molecule has 3 heterocycles. The molecule has 0 aliphatic carbocycles. The van der Waals surface area contributed by atoms with Crippen LogP contribution in [0.3, 0.4) is 0 Å². The summed E-state index contributed by atoms with van der Waals surface area (Å²) in [5.41, 5.74) is 1.90. The molecule has 0 saturated carbocycles. The molecule has 2 atom stereocenters. The van der Waals surface area contributed by atoms with Crippen molar-refractivity contribution in [1.29, 1.82) is 0 Å². The number of carbonyl (C=O) groups is 1. The molecule has 6 heteroatoms. The van der Waals surface area contributed by atoms with Crippen molar-refractivity contribution in [3.8, 4) is 5.69 Å². The van der Waals surface area contributed by atoms with Crippen LogP contribution in [0.15, 0.2) is 30.5 Å². The first-order valence-corrected chi connectivity index (χ1v) is 9.96. The standard InChI is InChI=1S/C21H27FN4O/c1-15-19(14-24-26(15)18-8-4-7-17(22)12-18)21(27)23-13-16-6-5-11-25-10-3-2-9-20(16)25/h4,7-8,12,14,16,20H,2-3,5-6,9-11,13H2,1H3,(H,23,27). The van der Waals surface area contributed by atoms with Gasteiger partial charge in [-0.1, -0.05) is 12.5 Å². The highest BCUT2D eigenvalue weighted by atomic mass is 19.1. The van der Waals surface area contributed by atoms with Crippen molar-refractivity contribution >= 4 is 5.91 Å². The summed E-state index contributed by atoms with van der Waals surface area (Å²) in [5, 5.41) is 7.42. The number of fused-ring (bicyclic) bond motifs is 1. The molecule has 1 N–H and O–H groups in total. The smallest absolute Gasteiger partial charge is 0.254 e. The second-order valence-corrected chi connectivity index (χ2v) is 7.75. The Morgan fingerprint density at radius 1 is 1.26 bits per heavy atom. The van der Waals surface area contributed by atoms with Crippen molar-refractivity contribution < 1.29 is 9.18 Å². The summed E-state index contributed by atoms with van der Waals surface area (Å²) in [6.07, 6.45) is 7.82. The normalized spacial score (nSPS) is 23.0. The summed E-state index contributed by atoms with van der Waals surface area (Å²) in [4.78, 5) is 15.3. The van der Waals surface area contributed by atoms with Crippen LogP contribution in [0.4, 0.5) is 4.39 Å². The van der Waals surface area contributed by atoms with Crippen LogP contribution in [0, 0.1) is 18.7 Å². The van der Waals surface area contributed by atoms with Gasteiger partial charge in [0, 0.05) is 12.6 Å². The third kappa shape index (κ3) is 3.76. The van der Waals surface area contributed by atoms with E-state index in [9.17, 15) is 9.18 Å². The second-order valence-electron chi connectivity index (χ2n) is 7.75. The van der Waals surface area contributed by atoms with Gasteiger partial charge in [0.25, 0.3) is 5.91 Å². The van der Waals surface area contributed by atoms with E-state index < -0.39 is 0 Å². The molecule has 2 aromatic rings. The minimum Gasteiger partial charge on any atom is -0.352 e. The van der Waals surface area contributed by atoms with E-state index in [2.05, 4.69) is 15.3 Å². The van der Waals surface area contributed by atoms with Gasteiger partial charge in [-0.25, -0.2) is 9.07 Å². The maximum atomic E-state index is 13.5. The maximum absolute atomic E-state index is 13.5. The van der Waals surface area contributed by atoms with Crippen LogP contribution < -0.4 is 5.32 Å². The van der Waals surface area contributed by atoms with Gasteiger partial charge >= 0.3 is 0 Å². The fourth-order valence-corrected chi connectivity index (χ4v) is 4.64. The van der Waals surface area contributed by atoms with E-state index in [4.69, 9.17) is 0 Å². The van der Waals surface area contributed by atoms with E-state index in [1.807, 2.05) is 6.92 Å². The summed E-state index contributed by atoms with van der Waals surface area (Å²) in [6.45, 7) is 4.96. The van der Waals surface area contributed by atoms with Gasteiger partial charge in [0.05, 0.1) is 23.1 Å². The fourth-order valence-electron chi connectivity index (χ4n) is 4.64. The average Bonchev–Trinajstić information content (AvgIpc) is 3.07. The third-order valence-corrected chi connectivity index (χ3v) is 6.06. The molecule has 2 fully saturated rings. The largest absolute Gasteiger partial charge is 0.352 e. The van der Waals surface area contributed by atoms with Crippen molar-refractivity contribution in [2.24, 2.45) is 5.92 Å². The van der Waals surface area contributed by atoms with E-state index in [1.165, 1.54) is 57.3 Å². The zero-order chi connectivity index (χ0) is 18.8. The molecule has 0 radical (unpaired) electrons. The van der Waals surface area contributed by atoms with Gasteiger partial charge in [0.15, 0.2) is 0 Å². The van der Waals surface area contributed by atoms with Crippen molar-refractivity contribution in [3.63, 3.8) is 0 Å². The summed E-state index contributed by atoms with van der Waals surface area (Å²) < 4.78 is 15.1. The molecule has 1 amide bonds. The minimum atomic E-state index is -0.317. The number of halogens is 1. The first kappa shape index (κ1) is 18.2. The van der Waals surface area contributed by atoms with Crippen molar-refractivity contribution in [1.82, 2.24) is 20.0 Å². The number of carbonyl (C=O) groups excluding carboxylic acids is 1. The van der Waals surface area contributed by atoms with Gasteiger partial charge in [0.1, 0.15) is 5.82 Å². The Labute approximate surface area is 159 Å². The van der Waals surface area contributed by atoms with E-state index in [0.717, 1.165) is 5.69 Å². The van der Waals surface area contributed by atoms with Gasteiger partial charge in [-0.05, 0) is 69.8 Å². The lowest BCUT2D eigenvalue weighted by Crippen LogP contribution is -2.51. The second kappa shape index (κ2) is 7.80. The number of amides is 1. The highest BCUT2D eigenvalue weighted by molar-refractivity contribution is 5.95. The quantitative estimate of drug-likeness (QED) is 0.898. The number of hydrogen-bond acceptors (Lipinski definition) is 3. The van der Waals surface area contributed by atoms with Crippen LogP contribution >= 0.6 is 0 Å². The molecule has 2 aliphatic heterocycles. The molecular weight excluding hydrogens is 343 g/mol. The Morgan fingerprint density at radius 3 is 2.96 bits per heavy atom. The van der Waals surface area contributed by atoms with Gasteiger partial charge in [-0.3, -0.25) is 4.79 Å². The van der Waals surface area contributed by atoms with Crippen LogP contribution in [-0.4, -0.2) is 46.3 Å². The summed E-state index contributed by atoms with van der Waals surface area (Å²) >= 11 is 0. The van der Waals surface area contributed by atoms with Crippen molar-refractivity contribution in [2.75, 3.05) is 19.6 Å². The van der Waals surface area contributed by atoms with E-state index in [0.29, 0.717) is 29.8 Å². The molecule has 4 rings (SSSR count). The third-order valence-electron chi connectivity index (χ3n) is 6.06. The van der Waals surface area contributed by atoms with Crippen molar-refractivity contribution in [2.45, 2.75) is 45.1 Å². The number of rotatable bonds is 4. The SMILES string of the molecule is Cc1c(C(=O)NCC2CCCN3CCCCC23)cnn1-c1cccc(F)c1. The molecule has 2 saturated heterocycles. The first-order valence-electron chi connectivity index (χ1n) is 9.96. The van der Waals surface area contributed by atoms with Gasteiger partial charge in [0.2, 0.25) is 0 Å². The number of nitrogens with one attached hydrogen (secondary N) is 1. The number of hydrogen-bond donors (Lipinski definition) is 1. The molecule has 0 bridgehead atoms. The zero-order valence-corrected chi connectivity index (χ0v) is 15.8. The topological polar surface area (TPSA) is 50.2 Å². The summed E-state index contributed by atoms with van der Waals surface area (Å²) in [5.74, 6) is 0.118. The molecule has 2 unspecified atom stereocenters. The zero-order valence-electron chi connectivity index (χ0n) is 15.8. The van der Waals surface area contributed by atoms with Crippen LogP contribution in [0.25, 0.3) is 5.69 Å². The van der Waals surface area contributed by atoms with Gasteiger partial charge < -0.3 is 10.2 Å². The van der Waals surface area contributed by atoms with E-state index in [-0.39, 0.29) is 11.7 Å². The Hall–Kier alpha value is -2.21. The Bertz CT molecular complexity index is 816. The Morgan fingerprint density at radius 2 is 2.11 bits per heavy atom. The monoisotopic (exact) mass is 370 g/mol. The maximum Gasteiger partial charge on any atom is 0.254 e. The molecule has 5 nitrogen and oxygen atoms in total. The molecular formula is C21H27FN4O. The van der Waals surface area contributed by atoms with Gasteiger partial charge in [-0.15, -0.1) is 0 Å². The van der Waals surface area contributed by atoms with Crippen LogP contribution in [-0.2, 0) is 0 Å². The highest BCUT2D eigenvalue weighted by Gasteiger charge is 2.33. The van der Waals surface area contributed by atoms with Crippen molar-refractivity contribution in [3.05, 3.63) is 47.5 Å². The lowest BCUT2D eigenvalue weighted by atomic mass is 9.83. The number of piperidine rings is 2. The molecule has 2 aliphatic rings. The van der Waals surface area contributed by atoms with Crippen LogP contribution in [0.1, 0.15) is 48.2 Å². The predicted octanol–water partition coefficient (Wildman–Crippen LogP) is 3.31. The molecule has 27 heavy (non-hydrogen) atoms. The van der Waals surface area contributed by atoms with Crippen LogP contribution in [0.5, 0.6) is 0 Å². The van der Waals surface area contributed by atoms with Crippen LogP contribution in [0.2, 0.25) is 0 Å². The molecule has 1 aromatic heterocycles. The number of aromatic nitrogens is 2. The molecule has 0 spiro atoms.